The van der Waals surface area contributed by atoms with Crippen molar-refractivity contribution >= 4 is 74.8 Å². The molecule has 4 N–H and O–H groups in total. The number of amides is 5. The van der Waals surface area contributed by atoms with Gasteiger partial charge in [0.1, 0.15) is 11.9 Å². The largest absolute Gasteiger partial charge is 0.493 e. The number of nitrogens with one attached hydrogen (secondary N) is 4. The molecule has 0 spiro atoms. The van der Waals surface area contributed by atoms with E-state index in [0.29, 0.717) is 72.0 Å². The molecule has 1 saturated heterocycles. The summed E-state index contributed by atoms with van der Waals surface area (Å²) in [5.74, 6) is -1.10. The number of piperidine rings is 1. The maximum absolute atomic E-state index is 14.7. The normalized spacial score (nSPS) is 18.9. The molecule has 8 rings (SSSR count). The van der Waals surface area contributed by atoms with Crippen molar-refractivity contribution in [3.8, 4) is 23.0 Å². The molecule has 69 heavy (non-hydrogen) atoms. The van der Waals surface area contributed by atoms with E-state index in [9.17, 15) is 28.4 Å². The molecule has 4 heterocycles. The summed E-state index contributed by atoms with van der Waals surface area (Å²) in [7, 11) is 2.85. The summed E-state index contributed by atoms with van der Waals surface area (Å²) in [6.07, 6.45) is 4.48. The minimum atomic E-state index is -0.824. The summed E-state index contributed by atoms with van der Waals surface area (Å²) in [4.78, 5) is 75.1. The molecule has 3 aromatic carbocycles. The van der Waals surface area contributed by atoms with Crippen LogP contribution in [0.4, 0.5) is 26.7 Å². The Balaban J connectivity index is 0.845. The molecule has 2 aromatic heterocycles. The van der Waals surface area contributed by atoms with E-state index < -0.39 is 29.1 Å². The van der Waals surface area contributed by atoms with Gasteiger partial charge >= 0.3 is 0 Å². The molecule has 2 fully saturated rings. The molecule has 1 atom stereocenters. The highest BCUT2D eigenvalue weighted by molar-refractivity contribution is 7.13. The zero-order valence-electron chi connectivity index (χ0n) is 37.7. The van der Waals surface area contributed by atoms with Gasteiger partial charge < -0.3 is 39.8 Å². The van der Waals surface area contributed by atoms with Crippen molar-refractivity contribution in [3.05, 3.63) is 106 Å². The Morgan fingerprint density at radius 1 is 0.957 bits per heavy atom. The van der Waals surface area contributed by atoms with Gasteiger partial charge in [0.15, 0.2) is 34.8 Å². The van der Waals surface area contributed by atoms with Crippen molar-refractivity contribution in [1.29, 1.82) is 0 Å². The number of thiazole rings is 1. The van der Waals surface area contributed by atoms with E-state index in [-0.39, 0.29) is 90.9 Å². The van der Waals surface area contributed by atoms with Gasteiger partial charge in [-0.2, -0.15) is 10.2 Å². The molecule has 2 aliphatic heterocycles. The van der Waals surface area contributed by atoms with Gasteiger partial charge in [-0.3, -0.25) is 29.3 Å². The number of anilines is 2. The Kier molecular flexibility index (Phi) is 15.3. The van der Waals surface area contributed by atoms with Gasteiger partial charge in [-0.1, -0.05) is 29.8 Å². The quantitative estimate of drug-likeness (QED) is 0.0358. The molecule has 21 heteroatoms. The number of halogens is 2. The third-order valence-corrected chi connectivity index (χ3v) is 13.1. The zero-order chi connectivity index (χ0) is 48.5. The first kappa shape index (κ1) is 48.3. The standard InChI is InChI=1S/C48H49ClFN9O9S/c1-65-37-23-29(57-58-34-10-4-8-31-32(34)26-59(45(31)63)35-13-14-40(60)56-44(35)62)24-38(66-2)43(37)67-27-41(61)51-19-6-20-52-46(64)48(25-28-7-3-12-39(54-28)55-47-53-21-22-69-47)17-15-30(16-18-48)68-36-11-5-9-33(49)42(36)50/h3-5,7-12,21-24,30,35H,6,13-20,25-27H2,1-2H3,(H,51,61)(H,52,64)(H,53,54,55)(H,56,60,62). The van der Waals surface area contributed by atoms with Gasteiger partial charge in [0.05, 0.1) is 42.1 Å². The number of imide groups is 1. The number of nitrogens with zero attached hydrogens (tertiary/aromatic N) is 5. The molecule has 5 aromatic rings. The smallest absolute Gasteiger partial charge is 0.257 e. The summed E-state index contributed by atoms with van der Waals surface area (Å²) in [5, 5.41) is 22.7. The lowest BCUT2D eigenvalue weighted by Gasteiger charge is -2.39. The van der Waals surface area contributed by atoms with Crippen LogP contribution in [0.2, 0.25) is 5.02 Å². The van der Waals surface area contributed by atoms with Crippen LogP contribution >= 0.6 is 22.9 Å². The van der Waals surface area contributed by atoms with Gasteiger partial charge in [-0.05, 0) is 74.9 Å². The SMILES string of the molecule is COc1cc(N=Nc2cccc3c2CN(C2CCC(=O)NC2=O)C3=O)cc(OC)c1OCC(=O)NCCCNC(=O)C1(Cc2cccc(Nc3nccs3)n2)CCC(Oc2cccc(Cl)c2F)CC1. The first-order chi connectivity index (χ1) is 33.4. The monoisotopic (exact) mass is 981 g/mol. The molecule has 3 aliphatic rings. The van der Waals surface area contributed by atoms with E-state index in [0.717, 1.165) is 5.69 Å². The lowest BCUT2D eigenvalue weighted by molar-refractivity contribution is -0.137. The summed E-state index contributed by atoms with van der Waals surface area (Å²) in [6, 6.07) is 17.6. The predicted molar refractivity (Wildman–Crippen MR) is 252 cm³/mol. The average Bonchev–Trinajstić information content (AvgIpc) is 3.99. The fourth-order valence-corrected chi connectivity index (χ4v) is 9.33. The molecule has 5 amide bonds. The molecular weight excluding hydrogens is 933 g/mol. The van der Waals surface area contributed by atoms with E-state index >= 15 is 0 Å². The summed E-state index contributed by atoms with van der Waals surface area (Å²) >= 11 is 7.44. The molecule has 18 nitrogen and oxygen atoms in total. The number of pyridine rings is 1. The van der Waals surface area contributed by atoms with E-state index in [1.807, 2.05) is 23.6 Å². The Bertz CT molecular complexity index is 2730. The van der Waals surface area contributed by atoms with Gasteiger partial charge in [0, 0.05) is 73.0 Å². The van der Waals surface area contributed by atoms with Crippen LogP contribution in [-0.2, 0) is 32.1 Å². The number of aromatic nitrogens is 2. The average molecular weight is 982 g/mol. The van der Waals surface area contributed by atoms with Crippen LogP contribution in [0.25, 0.3) is 0 Å². The minimum absolute atomic E-state index is 0.0245. The number of azo groups is 1. The van der Waals surface area contributed by atoms with Gasteiger partial charge in [-0.15, -0.1) is 11.3 Å². The van der Waals surface area contributed by atoms with E-state index in [1.165, 1.54) is 36.5 Å². The molecule has 360 valence electrons. The second-order valence-corrected chi connectivity index (χ2v) is 17.9. The Morgan fingerprint density at radius 3 is 2.45 bits per heavy atom. The van der Waals surface area contributed by atoms with Crippen molar-refractivity contribution in [1.82, 2.24) is 30.8 Å². The van der Waals surface area contributed by atoms with Gasteiger partial charge in [-0.25, -0.2) is 14.4 Å². The van der Waals surface area contributed by atoms with Crippen molar-refractivity contribution in [2.75, 3.05) is 39.2 Å². The number of hydrogen-bond acceptors (Lipinski definition) is 15. The summed E-state index contributed by atoms with van der Waals surface area (Å²) < 4.78 is 37.7. The number of fused-ring (bicyclic) bond motifs is 1. The van der Waals surface area contributed by atoms with Crippen LogP contribution in [0.15, 0.2) is 88.5 Å². The lowest BCUT2D eigenvalue weighted by Crippen LogP contribution is -2.52. The van der Waals surface area contributed by atoms with E-state index in [2.05, 4.69) is 36.5 Å². The molecule has 1 saturated carbocycles. The summed E-state index contributed by atoms with van der Waals surface area (Å²) in [6.45, 7) is 0.285. The number of rotatable bonds is 19. The van der Waals surface area contributed by atoms with Crippen LogP contribution in [0.3, 0.4) is 0 Å². The van der Waals surface area contributed by atoms with Gasteiger partial charge in [0.2, 0.25) is 23.5 Å². The van der Waals surface area contributed by atoms with Crippen molar-refractivity contribution < 1.29 is 47.3 Å². The number of hydrogen-bond donors (Lipinski definition) is 4. The Labute approximate surface area is 405 Å². The maximum atomic E-state index is 14.7. The fourth-order valence-electron chi connectivity index (χ4n) is 8.62. The molecule has 0 bridgehead atoms. The predicted octanol–water partition coefficient (Wildman–Crippen LogP) is 7.52. The number of methoxy groups -OCH3 is 2. The fraction of sp³-hybridized carbons (Fsp3) is 0.354. The van der Waals surface area contributed by atoms with Crippen LogP contribution in [0.5, 0.6) is 23.0 Å². The van der Waals surface area contributed by atoms with E-state index in [1.54, 1.807) is 48.7 Å². The highest BCUT2D eigenvalue weighted by Gasteiger charge is 2.43. The number of ether oxygens (including phenoxy) is 4. The number of carbonyl (C=O) groups excluding carboxylic acids is 5. The third kappa shape index (κ3) is 11.4. The Hall–Kier alpha value is -7.19. The van der Waals surface area contributed by atoms with Crippen molar-refractivity contribution in [2.24, 2.45) is 15.6 Å². The molecule has 1 unspecified atom stereocenters. The molecule has 1 aliphatic carbocycles. The summed E-state index contributed by atoms with van der Waals surface area (Å²) in [5.41, 5.74) is 1.65. The Morgan fingerprint density at radius 2 is 1.71 bits per heavy atom. The van der Waals surface area contributed by atoms with Crippen molar-refractivity contribution in [2.45, 2.75) is 70.1 Å². The first-order valence-electron chi connectivity index (χ1n) is 22.3. The number of benzene rings is 3. The highest BCUT2D eigenvalue weighted by Crippen LogP contribution is 2.43. The zero-order valence-corrected chi connectivity index (χ0v) is 39.3. The highest BCUT2D eigenvalue weighted by atomic mass is 35.5. The first-order valence-corrected chi connectivity index (χ1v) is 23.5. The topological polar surface area (TPSA) is 224 Å². The third-order valence-electron chi connectivity index (χ3n) is 12.2. The number of carbonyl (C=O) groups is 5. The van der Waals surface area contributed by atoms with Crippen LogP contribution in [0, 0.1) is 11.2 Å². The van der Waals surface area contributed by atoms with Crippen molar-refractivity contribution in [3.63, 3.8) is 0 Å². The second kappa shape index (κ2) is 21.8. The lowest BCUT2D eigenvalue weighted by atomic mass is 9.69. The van der Waals surface area contributed by atoms with Crippen LogP contribution < -0.4 is 40.2 Å². The van der Waals surface area contributed by atoms with Crippen LogP contribution in [0.1, 0.15) is 66.6 Å². The second-order valence-electron chi connectivity index (χ2n) is 16.6. The molecular formula is C48H49ClFN9O9S. The minimum Gasteiger partial charge on any atom is -0.493 e. The van der Waals surface area contributed by atoms with E-state index in [4.69, 9.17) is 35.5 Å². The maximum Gasteiger partial charge on any atom is 0.257 e. The van der Waals surface area contributed by atoms with Gasteiger partial charge in [0.25, 0.3) is 11.8 Å². The van der Waals surface area contributed by atoms with Crippen LogP contribution in [-0.4, -0.2) is 90.5 Å². The molecule has 0 radical (unpaired) electrons.